The maximum absolute atomic E-state index is 12.8. The van der Waals surface area contributed by atoms with Gasteiger partial charge in [0.05, 0.1) is 31.6 Å². The molecule has 4 unspecified atom stereocenters. The van der Waals surface area contributed by atoms with Gasteiger partial charge >= 0.3 is 12.0 Å². The van der Waals surface area contributed by atoms with Gasteiger partial charge in [0.15, 0.2) is 6.29 Å². The van der Waals surface area contributed by atoms with Gasteiger partial charge < -0.3 is 35.1 Å². The number of carbonyl (C=O) groups excluding carboxylic acids is 2. The maximum atomic E-state index is 12.8. The standard InChI is InChI=1S/C37H38N6O7S/c1-48-34(46)32(19-24-5-3-2-4-6-24)39-36(47)38-21-25-7-13-28(14-8-25)35-49-31(20-33(50-35)27-11-9-26(22-44)10-12-27)23-51-37-40-41-42-43(37)29-15-17-30(45)18-16-29/h2-18,31-33,35,44-45H,19-23H2,1H3,(H2,38,39,47). The average molecular weight is 711 g/mol. The molecular formula is C37H38N6O7S. The van der Waals surface area contributed by atoms with Crippen molar-refractivity contribution in [2.75, 3.05) is 12.9 Å². The van der Waals surface area contributed by atoms with Crippen LogP contribution >= 0.6 is 11.8 Å². The van der Waals surface area contributed by atoms with E-state index in [2.05, 4.69) is 26.2 Å². The molecule has 2 heterocycles. The lowest BCUT2D eigenvalue weighted by atomic mass is 10.0. The Balaban J connectivity index is 1.10. The normalized spacial score (nSPS) is 17.7. The molecule has 1 aromatic heterocycles. The monoisotopic (exact) mass is 710 g/mol. The Bertz CT molecular complexity index is 1870. The van der Waals surface area contributed by atoms with Crippen molar-refractivity contribution < 1.29 is 34.0 Å². The molecule has 0 aliphatic carbocycles. The largest absolute Gasteiger partial charge is 0.508 e. The zero-order valence-electron chi connectivity index (χ0n) is 27.8. The molecule has 13 nitrogen and oxygen atoms in total. The summed E-state index contributed by atoms with van der Waals surface area (Å²) in [6.07, 6.45) is -0.303. The molecule has 264 valence electrons. The van der Waals surface area contributed by atoms with E-state index in [4.69, 9.17) is 14.2 Å². The Morgan fingerprint density at radius 3 is 2.33 bits per heavy atom. The van der Waals surface area contributed by atoms with E-state index in [1.807, 2.05) is 78.9 Å². The topological polar surface area (TPSA) is 170 Å². The predicted octanol–water partition coefficient (Wildman–Crippen LogP) is 4.78. The molecule has 1 saturated heterocycles. The molecule has 6 rings (SSSR count). The lowest BCUT2D eigenvalue weighted by Crippen LogP contribution is -2.47. The first-order valence-electron chi connectivity index (χ1n) is 16.3. The highest BCUT2D eigenvalue weighted by molar-refractivity contribution is 7.99. The summed E-state index contributed by atoms with van der Waals surface area (Å²) < 4.78 is 19.5. The number of nitrogens with one attached hydrogen (secondary N) is 2. The van der Waals surface area contributed by atoms with E-state index in [-0.39, 0.29) is 31.1 Å². The third-order valence-electron chi connectivity index (χ3n) is 8.33. The molecule has 4 N–H and O–H groups in total. The second-order valence-corrected chi connectivity index (χ2v) is 12.9. The van der Waals surface area contributed by atoms with Crippen LogP contribution in [-0.4, -0.2) is 67.4 Å². The second kappa shape index (κ2) is 17.1. The Labute approximate surface area is 298 Å². The summed E-state index contributed by atoms with van der Waals surface area (Å²) in [4.78, 5) is 25.1. The van der Waals surface area contributed by atoms with Gasteiger partial charge in [-0.2, -0.15) is 4.68 Å². The summed E-state index contributed by atoms with van der Waals surface area (Å²) >= 11 is 1.45. The number of hydrogen-bond acceptors (Lipinski definition) is 11. The molecule has 0 saturated carbocycles. The van der Waals surface area contributed by atoms with E-state index in [9.17, 15) is 19.8 Å². The number of tetrazole rings is 1. The van der Waals surface area contributed by atoms with Gasteiger partial charge in [-0.25, -0.2) is 9.59 Å². The highest BCUT2D eigenvalue weighted by Gasteiger charge is 2.33. The van der Waals surface area contributed by atoms with Crippen molar-refractivity contribution in [2.24, 2.45) is 0 Å². The van der Waals surface area contributed by atoms with Gasteiger partial charge in [0.1, 0.15) is 11.8 Å². The molecule has 0 bridgehead atoms. The van der Waals surface area contributed by atoms with Crippen LogP contribution in [0.5, 0.6) is 5.75 Å². The molecule has 5 aromatic rings. The van der Waals surface area contributed by atoms with Gasteiger partial charge in [-0.15, -0.1) is 5.10 Å². The van der Waals surface area contributed by atoms with Gasteiger partial charge in [0, 0.05) is 30.7 Å². The SMILES string of the molecule is COC(=O)C(Cc1ccccc1)NC(=O)NCc1ccc(C2OC(CSc3nnnn3-c3ccc(O)cc3)CC(c3ccc(CO)cc3)O2)cc1. The Kier molecular flexibility index (Phi) is 11.9. The first kappa shape index (κ1) is 35.5. The quantitative estimate of drug-likeness (QED) is 0.0980. The van der Waals surface area contributed by atoms with Gasteiger partial charge in [-0.3, -0.25) is 0 Å². The molecule has 4 aromatic carbocycles. The van der Waals surface area contributed by atoms with Gasteiger partial charge in [-0.1, -0.05) is 90.6 Å². The van der Waals surface area contributed by atoms with Crippen molar-refractivity contribution in [3.63, 3.8) is 0 Å². The number of aliphatic hydroxyl groups is 1. The van der Waals surface area contributed by atoms with E-state index < -0.39 is 24.3 Å². The number of amides is 2. The Hall–Kier alpha value is -5.28. The number of ether oxygens (including phenoxy) is 3. The van der Waals surface area contributed by atoms with E-state index in [1.165, 1.54) is 18.9 Å². The van der Waals surface area contributed by atoms with E-state index >= 15 is 0 Å². The minimum atomic E-state index is -0.834. The number of aromatic nitrogens is 4. The number of rotatable bonds is 13. The number of esters is 1. The van der Waals surface area contributed by atoms with E-state index in [0.717, 1.165) is 33.5 Å². The predicted molar refractivity (Wildman–Crippen MR) is 188 cm³/mol. The number of phenols is 1. The highest BCUT2D eigenvalue weighted by atomic mass is 32.2. The molecule has 1 fully saturated rings. The number of aromatic hydroxyl groups is 1. The first-order chi connectivity index (χ1) is 24.9. The Morgan fingerprint density at radius 1 is 0.922 bits per heavy atom. The van der Waals surface area contributed by atoms with Crippen molar-refractivity contribution in [3.05, 3.63) is 131 Å². The van der Waals surface area contributed by atoms with Crippen molar-refractivity contribution >= 4 is 23.8 Å². The molecule has 1 aliphatic heterocycles. The second-order valence-electron chi connectivity index (χ2n) is 11.9. The summed E-state index contributed by atoms with van der Waals surface area (Å²) in [6, 6.07) is 30.0. The minimum absolute atomic E-state index is 0.0467. The molecule has 4 atom stereocenters. The van der Waals surface area contributed by atoms with Crippen LogP contribution in [-0.2, 0) is 38.6 Å². The summed E-state index contributed by atoms with van der Waals surface area (Å²) in [5, 5.41) is 37.5. The molecule has 1 aliphatic rings. The molecule has 0 radical (unpaired) electrons. The third-order valence-corrected chi connectivity index (χ3v) is 9.38. The van der Waals surface area contributed by atoms with E-state index in [1.54, 1.807) is 28.9 Å². The van der Waals surface area contributed by atoms with Gasteiger partial charge in [-0.05, 0) is 56.9 Å². The summed E-state index contributed by atoms with van der Waals surface area (Å²) in [5.41, 5.74) is 5.04. The van der Waals surface area contributed by atoms with Gasteiger partial charge in [0.2, 0.25) is 5.16 Å². The first-order valence-corrected chi connectivity index (χ1v) is 17.3. The zero-order chi connectivity index (χ0) is 35.6. The number of phenolic OH excluding ortho intramolecular Hbond substituents is 1. The van der Waals surface area contributed by atoms with Gasteiger partial charge in [0.25, 0.3) is 0 Å². The maximum Gasteiger partial charge on any atom is 0.328 e. The van der Waals surface area contributed by atoms with Crippen LogP contribution in [0, 0.1) is 0 Å². The van der Waals surface area contributed by atoms with Crippen LogP contribution in [0.2, 0.25) is 0 Å². The van der Waals surface area contributed by atoms with Crippen molar-refractivity contribution in [3.8, 4) is 11.4 Å². The van der Waals surface area contributed by atoms with E-state index in [0.29, 0.717) is 23.8 Å². The molecule has 14 heteroatoms. The van der Waals surface area contributed by atoms with Crippen molar-refractivity contribution in [1.82, 2.24) is 30.8 Å². The highest BCUT2D eigenvalue weighted by Crippen LogP contribution is 2.39. The smallest absolute Gasteiger partial charge is 0.328 e. The number of hydrogen-bond donors (Lipinski definition) is 4. The molecular weight excluding hydrogens is 673 g/mol. The summed E-state index contributed by atoms with van der Waals surface area (Å²) in [6.45, 7) is 0.182. The fourth-order valence-electron chi connectivity index (χ4n) is 5.58. The van der Waals surface area contributed by atoms with Crippen molar-refractivity contribution in [1.29, 1.82) is 0 Å². The molecule has 51 heavy (non-hydrogen) atoms. The summed E-state index contributed by atoms with van der Waals surface area (Å²) in [7, 11) is 1.29. The lowest BCUT2D eigenvalue weighted by Gasteiger charge is -2.36. The molecule has 2 amide bonds. The average Bonchev–Trinajstić information content (AvgIpc) is 3.65. The Morgan fingerprint density at radius 2 is 1.63 bits per heavy atom. The molecule has 0 spiro atoms. The lowest BCUT2D eigenvalue weighted by molar-refractivity contribution is -0.245. The third kappa shape index (κ3) is 9.49. The van der Waals surface area contributed by atoms with Crippen LogP contribution in [0.25, 0.3) is 5.69 Å². The van der Waals surface area contributed by atoms with Crippen LogP contribution in [0.4, 0.5) is 4.79 Å². The fourth-order valence-corrected chi connectivity index (χ4v) is 6.49. The number of carbonyl (C=O) groups is 2. The number of benzene rings is 4. The zero-order valence-corrected chi connectivity index (χ0v) is 28.6. The minimum Gasteiger partial charge on any atom is -0.508 e. The number of aliphatic hydroxyl groups excluding tert-OH is 1. The van der Waals surface area contributed by atoms with Crippen LogP contribution in [0.1, 0.15) is 46.6 Å². The summed E-state index contributed by atoms with van der Waals surface area (Å²) in [5.74, 6) is 0.164. The number of nitrogens with zero attached hydrogens (tertiary/aromatic N) is 4. The van der Waals surface area contributed by atoms with Crippen molar-refractivity contribution in [2.45, 2.75) is 55.7 Å². The number of thioether (sulfide) groups is 1. The van der Waals surface area contributed by atoms with Crippen LogP contribution in [0.15, 0.2) is 108 Å². The van der Waals surface area contributed by atoms with Crippen LogP contribution < -0.4 is 10.6 Å². The van der Waals surface area contributed by atoms with Crippen LogP contribution in [0.3, 0.4) is 0 Å². The number of methoxy groups -OCH3 is 1. The number of urea groups is 1. The fraction of sp³-hybridized carbons (Fsp3) is 0.270.